The minimum atomic E-state index is 0.564. The van der Waals surface area contributed by atoms with E-state index in [1.165, 1.54) is 50.6 Å². The Kier molecular flexibility index (Phi) is 3.43. The van der Waals surface area contributed by atoms with Crippen molar-refractivity contribution in [2.45, 2.75) is 57.9 Å². The van der Waals surface area contributed by atoms with Crippen LogP contribution in [0.15, 0.2) is 24.3 Å². The summed E-state index contributed by atoms with van der Waals surface area (Å²) in [6.07, 6.45) is 8.46. The van der Waals surface area contributed by atoms with Crippen molar-refractivity contribution in [2.75, 3.05) is 6.54 Å². The smallest absolute Gasteiger partial charge is 0.0208 e. The Balaban J connectivity index is 1.56. The maximum Gasteiger partial charge on any atom is 0.0208 e. The lowest BCUT2D eigenvalue weighted by atomic mass is 9.89. The van der Waals surface area contributed by atoms with Crippen molar-refractivity contribution in [3.05, 3.63) is 35.4 Å². The highest BCUT2D eigenvalue weighted by Gasteiger charge is 2.28. The van der Waals surface area contributed by atoms with E-state index in [1.54, 1.807) is 5.56 Å². The van der Waals surface area contributed by atoms with Gasteiger partial charge in [-0.05, 0) is 48.1 Å². The molecule has 0 aromatic heterocycles. The Morgan fingerprint density at radius 3 is 2.61 bits per heavy atom. The summed E-state index contributed by atoms with van der Waals surface area (Å²) in [6.45, 7) is 4.69. The van der Waals surface area contributed by atoms with Gasteiger partial charge in [0.1, 0.15) is 0 Å². The molecule has 1 N–H and O–H groups in total. The number of benzene rings is 1. The fourth-order valence-electron chi connectivity index (χ4n) is 3.39. The van der Waals surface area contributed by atoms with E-state index in [0.717, 1.165) is 12.5 Å². The monoisotopic (exact) mass is 243 g/mol. The molecule has 0 atom stereocenters. The van der Waals surface area contributed by atoms with Gasteiger partial charge in [-0.25, -0.2) is 0 Å². The van der Waals surface area contributed by atoms with Crippen LogP contribution in [-0.2, 0) is 6.54 Å². The summed E-state index contributed by atoms with van der Waals surface area (Å²) in [4.78, 5) is 0. The second kappa shape index (κ2) is 5.05. The van der Waals surface area contributed by atoms with Crippen molar-refractivity contribution in [1.82, 2.24) is 5.32 Å². The summed E-state index contributed by atoms with van der Waals surface area (Å²) in [5.41, 5.74) is 3.69. The van der Waals surface area contributed by atoms with Crippen LogP contribution in [0.1, 0.15) is 62.5 Å². The molecule has 2 aliphatic carbocycles. The van der Waals surface area contributed by atoms with E-state index in [2.05, 4.69) is 36.5 Å². The third-order valence-electron chi connectivity index (χ3n) is 4.75. The van der Waals surface area contributed by atoms with Crippen molar-refractivity contribution >= 4 is 0 Å². The lowest BCUT2D eigenvalue weighted by molar-refractivity contribution is 0.314. The first-order chi connectivity index (χ1) is 8.77. The fraction of sp³-hybridized carbons (Fsp3) is 0.647. The van der Waals surface area contributed by atoms with Crippen molar-refractivity contribution in [1.29, 1.82) is 0 Å². The van der Waals surface area contributed by atoms with Gasteiger partial charge in [-0.15, -0.1) is 0 Å². The van der Waals surface area contributed by atoms with Crippen LogP contribution in [0.5, 0.6) is 0 Å². The molecule has 0 saturated heterocycles. The molecule has 0 radical (unpaired) electrons. The van der Waals surface area contributed by atoms with E-state index in [0.29, 0.717) is 5.41 Å². The van der Waals surface area contributed by atoms with Crippen molar-refractivity contribution < 1.29 is 0 Å². The van der Waals surface area contributed by atoms with Gasteiger partial charge < -0.3 is 5.32 Å². The molecule has 0 amide bonds. The third kappa shape index (κ3) is 2.77. The largest absolute Gasteiger partial charge is 0.312 e. The fourth-order valence-corrected chi connectivity index (χ4v) is 3.39. The minimum absolute atomic E-state index is 0.564. The SMILES string of the molecule is CC1(CNCc2ccccc2C2CC2)CCCC1. The standard InChI is InChI=1S/C17H25N/c1-17(10-4-5-11-17)13-18-12-15-6-2-3-7-16(15)14-8-9-14/h2-3,6-7,14,18H,4-5,8-13H2,1H3. The van der Waals surface area contributed by atoms with Crippen LogP contribution in [0.2, 0.25) is 0 Å². The first kappa shape index (κ1) is 12.2. The lowest BCUT2D eigenvalue weighted by Gasteiger charge is -2.24. The average Bonchev–Trinajstić information content (AvgIpc) is 3.13. The van der Waals surface area contributed by atoms with E-state index in [9.17, 15) is 0 Å². The van der Waals surface area contributed by atoms with Gasteiger partial charge >= 0.3 is 0 Å². The number of nitrogens with one attached hydrogen (secondary N) is 1. The maximum atomic E-state index is 3.71. The van der Waals surface area contributed by atoms with Crippen LogP contribution >= 0.6 is 0 Å². The molecule has 3 rings (SSSR count). The number of hydrogen-bond acceptors (Lipinski definition) is 1. The van der Waals surface area contributed by atoms with E-state index >= 15 is 0 Å². The first-order valence-corrected chi connectivity index (χ1v) is 7.55. The van der Waals surface area contributed by atoms with E-state index in [4.69, 9.17) is 0 Å². The highest BCUT2D eigenvalue weighted by atomic mass is 14.9. The van der Waals surface area contributed by atoms with Gasteiger partial charge in [0.25, 0.3) is 0 Å². The first-order valence-electron chi connectivity index (χ1n) is 7.55. The van der Waals surface area contributed by atoms with E-state index in [-0.39, 0.29) is 0 Å². The summed E-state index contributed by atoms with van der Waals surface area (Å²) in [5.74, 6) is 0.866. The summed E-state index contributed by atoms with van der Waals surface area (Å²) >= 11 is 0. The zero-order valence-corrected chi connectivity index (χ0v) is 11.5. The molecule has 0 aliphatic heterocycles. The molecule has 2 aliphatic rings. The van der Waals surface area contributed by atoms with Gasteiger partial charge in [-0.1, -0.05) is 44.0 Å². The zero-order chi connectivity index (χ0) is 12.4. The molecule has 1 aromatic rings. The zero-order valence-electron chi connectivity index (χ0n) is 11.5. The molecule has 0 unspecified atom stereocenters. The predicted molar refractivity (Wildman–Crippen MR) is 76.7 cm³/mol. The van der Waals surface area contributed by atoms with Crippen LogP contribution < -0.4 is 5.32 Å². The predicted octanol–water partition coefficient (Wildman–Crippen LogP) is 4.23. The Hall–Kier alpha value is -0.820. The lowest BCUT2D eigenvalue weighted by Crippen LogP contribution is -2.29. The van der Waals surface area contributed by atoms with Gasteiger partial charge in [0, 0.05) is 13.1 Å². The summed E-state index contributed by atoms with van der Waals surface area (Å²) in [5, 5.41) is 3.71. The molecule has 2 saturated carbocycles. The second-order valence-corrected chi connectivity index (χ2v) is 6.59. The van der Waals surface area contributed by atoms with Crippen LogP contribution in [0.25, 0.3) is 0 Å². The highest BCUT2D eigenvalue weighted by molar-refractivity contribution is 5.33. The molecule has 18 heavy (non-hydrogen) atoms. The van der Waals surface area contributed by atoms with E-state index in [1.807, 2.05) is 0 Å². The molecular weight excluding hydrogens is 218 g/mol. The van der Waals surface area contributed by atoms with Gasteiger partial charge in [-0.3, -0.25) is 0 Å². The molecular formula is C17H25N. The summed E-state index contributed by atoms with van der Waals surface area (Å²) < 4.78 is 0. The van der Waals surface area contributed by atoms with Gasteiger partial charge in [0.05, 0.1) is 0 Å². The van der Waals surface area contributed by atoms with Crippen LogP contribution in [-0.4, -0.2) is 6.54 Å². The highest BCUT2D eigenvalue weighted by Crippen LogP contribution is 2.41. The van der Waals surface area contributed by atoms with Crippen molar-refractivity contribution in [3.63, 3.8) is 0 Å². The molecule has 0 spiro atoms. The molecule has 1 heteroatoms. The van der Waals surface area contributed by atoms with Gasteiger partial charge in [0.15, 0.2) is 0 Å². The molecule has 0 heterocycles. The normalized spacial score (nSPS) is 22.3. The minimum Gasteiger partial charge on any atom is -0.312 e. The quantitative estimate of drug-likeness (QED) is 0.816. The molecule has 1 aromatic carbocycles. The van der Waals surface area contributed by atoms with Crippen LogP contribution in [0, 0.1) is 5.41 Å². The Bertz CT molecular complexity index is 400. The van der Waals surface area contributed by atoms with Crippen molar-refractivity contribution in [2.24, 2.45) is 5.41 Å². The van der Waals surface area contributed by atoms with Crippen molar-refractivity contribution in [3.8, 4) is 0 Å². The van der Waals surface area contributed by atoms with Gasteiger partial charge in [-0.2, -0.15) is 0 Å². The summed E-state index contributed by atoms with van der Waals surface area (Å²) in [7, 11) is 0. The Morgan fingerprint density at radius 2 is 1.89 bits per heavy atom. The Morgan fingerprint density at radius 1 is 1.17 bits per heavy atom. The molecule has 2 fully saturated rings. The second-order valence-electron chi connectivity index (χ2n) is 6.59. The van der Waals surface area contributed by atoms with Crippen LogP contribution in [0.4, 0.5) is 0 Å². The average molecular weight is 243 g/mol. The summed E-state index contributed by atoms with van der Waals surface area (Å²) in [6, 6.07) is 9.00. The molecule has 1 nitrogen and oxygen atoms in total. The molecule has 98 valence electrons. The van der Waals surface area contributed by atoms with E-state index < -0.39 is 0 Å². The van der Waals surface area contributed by atoms with Crippen LogP contribution in [0.3, 0.4) is 0 Å². The number of hydrogen-bond donors (Lipinski definition) is 1. The third-order valence-corrected chi connectivity index (χ3v) is 4.75. The molecule has 0 bridgehead atoms. The Labute approximate surface area is 111 Å². The maximum absolute atomic E-state index is 3.71. The topological polar surface area (TPSA) is 12.0 Å². The number of rotatable bonds is 5. The van der Waals surface area contributed by atoms with Gasteiger partial charge in [0.2, 0.25) is 0 Å².